The molecule has 0 heterocycles. The van der Waals surface area contributed by atoms with Crippen LogP contribution < -0.4 is 5.32 Å². The minimum absolute atomic E-state index is 0.0369. The van der Waals surface area contributed by atoms with Gasteiger partial charge in [-0.1, -0.05) is 58.6 Å². The summed E-state index contributed by atoms with van der Waals surface area (Å²) in [5, 5.41) is 39.1. The van der Waals surface area contributed by atoms with E-state index in [9.17, 15) is 19.8 Å². The predicted octanol–water partition coefficient (Wildman–Crippen LogP) is 4.45. The molecule has 0 aromatic rings. The van der Waals surface area contributed by atoms with E-state index >= 15 is 0 Å². The van der Waals surface area contributed by atoms with Crippen LogP contribution in [0.3, 0.4) is 0 Å². The Balaban J connectivity index is 1.24. The lowest BCUT2D eigenvalue weighted by Gasteiger charge is -2.58. The van der Waals surface area contributed by atoms with Crippen LogP contribution in [-0.2, 0) is 14.3 Å². The molecule has 9 heteroatoms. The van der Waals surface area contributed by atoms with Gasteiger partial charge in [0.15, 0.2) is 12.4 Å². The number of carbonyl (C=O) groups is 2. The van der Waals surface area contributed by atoms with Gasteiger partial charge in [0, 0.05) is 6.42 Å². The largest absolute Gasteiger partial charge is 0.462 e. The van der Waals surface area contributed by atoms with Crippen LogP contribution in [0, 0.1) is 40.4 Å². The van der Waals surface area contributed by atoms with E-state index in [0.29, 0.717) is 11.3 Å². The van der Waals surface area contributed by atoms with Crippen LogP contribution in [0.25, 0.3) is 0 Å². The van der Waals surface area contributed by atoms with Crippen LogP contribution >= 0.6 is 0 Å². The second-order valence-corrected chi connectivity index (χ2v) is 14.5. The monoisotopic (exact) mass is 593 g/mol. The van der Waals surface area contributed by atoms with E-state index in [1.165, 1.54) is 56.9 Å². The third kappa shape index (κ3) is 7.16. The summed E-state index contributed by atoms with van der Waals surface area (Å²) in [5.41, 5.74) is 2.12. The van der Waals surface area contributed by atoms with Gasteiger partial charge in [0.05, 0.1) is 6.54 Å². The van der Waals surface area contributed by atoms with Crippen LogP contribution in [0.2, 0.25) is 0 Å². The van der Waals surface area contributed by atoms with Gasteiger partial charge < -0.3 is 35.2 Å². The number of rotatable bonds is 12. The number of alkyl carbamates (subject to hydrolysis) is 1. The van der Waals surface area contributed by atoms with Crippen LogP contribution in [0.5, 0.6) is 0 Å². The molecule has 240 valence electrons. The fourth-order valence-corrected chi connectivity index (χ4v) is 9.14. The highest BCUT2D eigenvalue weighted by molar-refractivity contribution is 5.75. The molecule has 3 unspecified atom stereocenters. The van der Waals surface area contributed by atoms with E-state index in [2.05, 4.69) is 39.1 Å². The molecule has 4 aliphatic rings. The Morgan fingerprint density at radius 3 is 2.50 bits per heavy atom. The topological polar surface area (TPSA) is 146 Å². The lowest BCUT2D eigenvalue weighted by Crippen LogP contribution is -2.50. The number of aliphatic hydroxyl groups is 4. The summed E-state index contributed by atoms with van der Waals surface area (Å²) in [6.07, 6.45) is 9.96. The lowest BCUT2D eigenvalue weighted by atomic mass is 9.47. The van der Waals surface area contributed by atoms with Crippen LogP contribution in [0.15, 0.2) is 11.6 Å². The van der Waals surface area contributed by atoms with Crippen LogP contribution in [0.1, 0.15) is 105 Å². The number of amides is 1. The van der Waals surface area contributed by atoms with E-state index in [1.807, 2.05) is 0 Å². The van der Waals surface area contributed by atoms with Gasteiger partial charge in [-0.2, -0.15) is 0 Å². The Kier molecular flexibility index (Phi) is 11.0. The molecule has 0 saturated heterocycles. The molecule has 5 N–H and O–H groups in total. The molecule has 4 aliphatic carbocycles. The first kappa shape index (κ1) is 33.2. The minimum Gasteiger partial charge on any atom is -0.462 e. The highest BCUT2D eigenvalue weighted by Crippen LogP contribution is 2.66. The number of hydrogen-bond donors (Lipinski definition) is 5. The van der Waals surface area contributed by atoms with Crippen molar-refractivity contribution in [2.24, 2.45) is 40.4 Å². The molecule has 9 atom stereocenters. The molecule has 0 aromatic heterocycles. The first-order chi connectivity index (χ1) is 19.9. The number of esters is 1. The molecule has 1 amide bonds. The number of unbranched alkanes of at least 4 members (excludes halogenated alkanes) is 1. The summed E-state index contributed by atoms with van der Waals surface area (Å²) in [6.45, 7) is 9.44. The van der Waals surface area contributed by atoms with E-state index in [1.54, 1.807) is 0 Å². The number of fused-ring (bicyclic) bond motifs is 5. The number of nitrogens with one attached hydrogen (secondary N) is 1. The van der Waals surface area contributed by atoms with Gasteiger partial charge in [0.2, 0.25) is 0 Å². The standard InChI is InChI=1S/C33H55NO8/c1-20(2)7-5-6-8-21-10-12-25-24-11-9-22-19-23(13-15-33(22,4)26(24)14-16-32(21,25)3)42-31(40)34-17-18-41-30(39)28(36)27(35)29(37)38/h9,20-21,23-29,35-38H,5-8,10-19H2,1-4H3,(H,34,40)/t21-,23-,24?,25?,26?,27-,28-,32+,33-/m0/s1. The Morgan fingerprint density at radius 1 is 1.02 bits per heavy atom. The second-order valence-electron chi connectivity index (χ2n) is 14.5. The predicted molar refractivity (Wildman–Crippen MR) is 158 cm³/mol. The summed E-state index contributed by atoms with van der Waals surface area (Å²) in [6, 6.07) is 0. The van der Waals surface area contributed by atoms with Gasteiger partial charge in [-0.3, -0.25) is 0 Å². The van der Waals surface area contributed by atoms with Gasteiger partial charge in [-0.25, -0.2) is 9.59 Å². The van der Waals surface area contributed by atoms with Crippen molar-refractivity contribution < 1.29 is 39.5 Å². The van der Waals surface area contributed by atoms with Gasteiger partial charge >= 0.3 is 12.1 Å². The smallest absolute Gasteiger partial charge is 0.407 e. The highest BCUT2D eigenvalue weighted by atomic mass is 16.6. The van der Waals surface area contributed by atoms with Crippen molar-refractivity contribution in [2.75, 3.05) is 13.2 Å². The van der Waals surface area contributed by atoms with Crippen molar-refractivity contribution in [2.45, 2.75) is 129 Å². The van der Waals surface area contributed by atoms with Crippen molar-refractivity contribution in [3.8, 4) is 0 Å². The Hall–Kier alpha value is -1.68. The average molecular weight is 594 g/mol. The first-order valence-electron chi connectivity index (χ1n) is 16.4. The fourth-order valence-electron chi connectivity index (χ4n) is 9.14. The molecule has 0 bridgehead atoms. The number of ether oxygens (including phenoxy) is 2. The molecule has 3 saturated carbocycles. The second kappa shape index (κ2) is 14.0. The third-order valence-corrected chi connectivity index (χ3v) is 11.6. The summed E-state index contributed by atoms with van der Waals surface area (Å²) in [7, 11) is 0. The average Bonchev–Trinajstić information content (AvgIpc) is 3.28. The molecule has 4 rings (SSSR count). The van der Waals surface area contributed by atoms with Crippen molar-refractivity contribution in [1.82, 2.24) is 5.32 Å². The quantitative estimate of drug-likeness (QED) is 0.0966. The van der Waals surface area contributed by atoms with E-state index in [0.717, 1.165) is 49.4 Å². The van der Waals surface area contributed by atoms with Crippen LogP contribution in [0.4, 0.5) is 4.79 Å². The van der Waals surface area contributed by atoms with Gasteiger partial charge in [-0.05, 0) is 91.8 Å². The third-order valence-electron chi connectivity index (χ3n) is 11.6. The lowest BCUT2D eigenvalue weighted by molar-refractivity contribution is -0.184. The molecule has 3 fully saturated rings. The summed E-state index contributed by atoms with van der Waals surface area (Å²) in [4.78, 5) is 24.1. The maximum Gasteiger partial charge on any atom is 0.407 e. The zero-order valence-electron chi connectivity index (χ0n) is 26.1. The minimum atomic E-state index is -2.27. The van der Waals surface area contributed by atoms with Crippen molar-refractivity contribution in [3.63, 3.8) is 0 Å². The maximum absolute atomic E-state index is 12.4. The van der Waals surface area contributed by atoms with Gasteiger partial charge in [-0.15, -0.1) is 0 Å². The van der Waals surface area contributed by atoms with Gasteiger partial charge in [0.1, 0.15) is 18.8 Å². The van der Waals surface area contributed by atoms with Crippen LogP contribution in [-0.4, -0.2) is 70.2 Å². The first-order valence-corrected chi connectivity index (χ1v) is 16.4. The molecular formula is C33H55NO8. The molecule has 0 aliphatic heterocycles. The number of carbonyl (C=O) groups excluding carboxylic acids is 2. The summed E-state index contributed by atoms with van der Waals surface area (Å²) in [5.74, 6) is 2.77. The number of aliphatic hydroxyl groups excluding tert-OH is 3. The van der Waals surface area contributed by atoms with Gasteiger partial charge in [0.25, 0.3) is 0 Å². The van der Waals surface area contributed by atoms with Crippen molar-refractivity contribution in [3.05, 3.63) is 11.6 Å². The molecule has 0 aromatic carbocycles. The normalized spacial score (nSPS) is 35.5. The molecule has 0 spiro atoms. The van der Waals surface area contributed by atoms with E-state index < -0.39 is 30.6 Å². The maximum atomic E-state index is 12.4. The number of allylic oxidation sites excluding steroid dienone is 1. The molecule has 9 nitrogen and oxygen atoms in total. The van der Waals surface area contributed by atoms with E-state index in [-0.39, 0.29) is 24.7 Å². The van der Waals surface area contributed by atoms with Crippen molar-refractivity contribution >= 4 is 12.1 Å². The van der Waals surface area contributed by atoms with E-state index in [4.69, 9.17) is 19.7 Å². The Bertz CT molecular complexity index is 968. The molecular weight excluding hydrogens is 538 g/mol. The summed E-state index contributed by atoms with van der Waals surface area (Å²) < 4.78 is 10.5. The fraction of sp³-hybridized carbons (Fsp3) is 0.879. The Morgan fingerprint density at radius 2 is 1.79 bits per heavy atom. The Labute approximate surface area is 251 Å². The summed E-state index contributed by atoms with van der Waals surface area (Å²) >= 11 is 0. The van der Waals surface area contributed by atoms with Crippen molar-refractivity contribution in [1.29, 1.82) is 0 Å². The SMILES string of the molecule is CC(C)CCCC[C@H]1CCC2C3CC=C4C[C@@H](OC(=O)NCCOC(=O)[C@@H](O)[C@H](O)C(O)O)CC[C@]4(C)C3CC[C@@]21C. The highest BCUT2D eigenvalue weighted by Gasteiger charge is 2.58. The molecule has 42 heavy (non-hydrogen) atoms. The zero-order chi connectivity index (χ0) is 30.7. The molecule has 0 radical (unpaired) electrons. The number of hydrogen-bond acceptors (Lipinski definition) is 8. The zero-order valence-corrected chi connectivity index (χ0v) is 26.1.